The Balaban J connectivity index is 1.55. The van der Waals surface area contributed by atoms with Gasteiger partial charge in [-0.2, -0.15) is 0 Å². The molecule has 0 bridgehead atoms. The fourth-order valence-corrected chi connectivity index (χ4v) is 4.29. The van der Waals surface area contributed by atoms with E-state index in [0.29, 0.717) is 41.1 Å². The third-order valence-electron chi connectivity index (χ3n) is 4.87. The standard InChI is InChI=1S/C21H21N5O3S/c1-13-14(2)24-19-11-15(8-9-18(19)23-13)21(27)25-16-5-3-6-17(12-16)30(28,29)26-20-7-4-10-22-20/h3,5-6,8-9,11-12H,4,7,10H2,1-2H3,(H,22,26)(H,25,27). The van der Waals surface area contributed by atoms with E-state index >= 15 is 0 Å². The largest absolute Gasteiger partial charge is 0.322 e. The molecule has 0 radical (unpaired) electrons. The summed E-state index contributed by atoms with van der Waals surface area (Å²) in [4.78, 5) is 25.8. The van der Waals surface area contributed by atoms with E-state index in [1.807, 2.05) is 13.8 Å². The zero-order valence-electron chi connectivity index (χ0n) is 16.6. The summed E-state index contributed by atoms with van der Waals surface area (Å²) in [6, 6.07) is 11.2. The number of fused-ring (bicyclic) bond motifs is 1. The molecule has 2 heterocycles. The van der Waals surface area contributed by atoms with Gasteiger partial charge in [0.05, 0.1) is 27.3 Å². The molecule has 9 heteroatoms. The van der Waals surface area contributed by atoms with Gasteiger partial charge in [-0.1, -0.05) is 6.07 Å². The van der Waals surface area contributed by atoms with Gasteiger partial charge < -0.3 is 5.32 Å². The Bertz CT molecular complexity index is 1290. The van der Waals surface area contributed by atoms with Gasteiger partial charge in [-0.3, -0.25) is 14.5 Å². The average molecular weight is 423 g/mol. The van der Waals surface area contributed by atoms with Gasteiger partial charge in [0.15, 0.2) is 0 Å². The van der Waals surface area contributed by atoms with Gasteiger partial charge in [0.2, 0.25) is 0 Å². The van der Waals surface area contributed by atoms with Crippen LogP contribution in [0.4, 0.5) is 5.69 Å². The summed E-state index contributed by atoms with van der Waals surface area (Å²) in [5.41, 5.74) is 3.77. The summed E-state index contributed by atoms with van der Waals surface area (Å²) >= 11 is 0. The number of amides is 1. The normalized spacial score (nSPS) is 13.9. The van der Waals surface area contributed by atoms with Crippen molar-refractivity contribution in [3.63, 3.8) is 0 Å². The second-order valence-electron chi connectivity index (χ2n) is 7.12. The molecular weight excluding hydrogens is 402 g/mol. The van der Waals surface area contributed by atoms with E-state index in [1.54, 1.807) is 30.3 Å². The fraction of sp³-hybridized carbons (Fsp3) is 0.238. The number of benzene rings is 2. The van der Waals surface area contributed by atoms with Crippen LogP contribution >= 0.6 is 0 Å². The molecule has 0 spiro atoms. The molecule has 1 amide bonds. The molecule has 0 fully saturated rings. The molecule has 0 aliphatic carbocycles. The van der Waals surface area contributed by atoms with Crippen LogP contribution < -0.4 is 10.0 Å². The number of carbonyl (C=O) groups excluding carboxylic acids is 1. The number of anilines is 1. The Hall–Kier alpha value is -3.33. The summed E-state index contributed by atoms with van der Waals surface area (Å²) in [5, 5.41) is 2.75. The van der Waals surface area contributed by atoms with Gasteiger partial charge >= 0.3 is 0 Å². The maximum Gasteiger partial charge on any atom is 0.262 e. The number of amidine groups is 1. The number of hydrogen-bond donors (Lipinski definition) is 2. The Morgan fingerprint density at radius 3 is 2.50 bits per heavy atom. The summed E-state index contributed by atoms with van der Waals surface area (Å²) in [7, 11) is -3.75. The van der Waals surface area contributed by atoms with E-state index in [-0.39, 0.29) is 10.8 Å². The minimum atomic E-state index is -3.75. The van der Waals surface area contributed by atoms with Crippen molar-refractivity contribution in [3.8, 4) is 0 Å². The number of aryl methyl sites for hydroxylation is 2. The van der Waals surface area contributed by atoms with Crippen LogP contribution in [0.5, 0.6) is 0 Å². The third kappa shape index (κ3) is 4.16. The van der Waals surface area contributed by atoms with Gasteiger partial charge in [-0.25, -0.2) is 18.4 Å². The molecule has 2 aromatic carbocycles. The van der Waals surface area contributed by atoms with Crippen LogP contribution in [0.2, 0.25) is 0 Å². The van der Waals surface area contributed by atoms with E-state index in [1.165, 1.54) is 12.1 Å². The predicted octanol–water partition coefficient (Wildman–Crippen LogP) is 2.97. The van der Waals surface area contributed by atoms with Crippen LogP contribution in [0, 0.1) is 13.8 Å². The molecule has 0 atom stereocenters. The van der Waals surface area contributed by atoms with Gasteiger partial charge in [0, 0.05) is 24.2 Å². The van der Waals surface area contributed by atoms with Crippen molar-refractivity contribution in [2.24, 2.45) is 4.99 Å². The van der Waals surface area contributed by atoms with E-state index in [2.05, 4.69) is 25.0 Å². The first kappa shape index (κ1) is 20.0. The molecule has 3 aromatic rings. The second kappa shape index (κ2) is 7.83. The Morgan fingerprint density at radius 2 is 1.77 bits per heavy atom. The van der Waals surface area contributed by atoms with E-state index in [0.717, 1.165) is 17.8 Å². The van der Waals surface area contributed by atoms with Crippen LogP contribution in [0.15, 0.2) is 52.4 Å². The van der Waals surface area contributed by atoms with E-state index in [4.69, 9.17) is 0 Å². The van der Waals surface area contributed by atoms with Gasteiger partial charge in [0.1, 0.15) is 5.84 Å². The van der Waals surface area contributed by atoms with Crippen molar-refractivity contribution in [1.29, 1.82) is 0 Å². The molecule has 8 nitrogen and oxygen atoms in total. The van der Waals surface area contributed by atoms with Gasteiger partial charge in [0.25, 0.3) is 15.9 Å². The number of hydrogen-bond acceptors (Lipinski definition) is 6. The number of carbonyl (C=O) groups is 1. The lowest BCUT2D eigenvalue weighted by molar-refractivity contribution is 0.102. The molecule has 1 aromatic heterocycles. The molecular formula is C21H21N5O3S. The molecule has 4 rings (SSSR count). The highest BCUT2D eigenvalue weighted by molar-refractivity contribution is 7.90. The lowest BCUT2D eigenvalue weighted by Gasteiger charge is -2.10. The van der Waals surface area contributed by atoms with E-state index < -0.39 is 10.0 Å². The van der Waals surface area contributed by atoms with Crippen molar-refractivity contribution >= 4 is 38.5 Å². The first-order valence-electron chi connectivity index (χ1n) is 9.54. The number of sulfonamides is 1. The number of aliphatic imine (C=N–C) groups is 1. The first-order chi connectivity index (χ1) is 14.3. The maximum atomic E-state index is 12.7. The topological polar surface area (TPSA) is 113 Å². The molecule has 1 aliphatic heterocycles. The zero-order valence-corrected chi connectivity index (χ0v) is 17.5. The van der Waals surface area contributed by atoms with Crippen molar-refractivity contribution in [2.75, 3.05) is 11.9 Å². The molecule has 2 N–H and O–H groups in total. The lowest BCUT2D eigenvalue weighted by atomic mass is 10.1. The van der Waals surface area contributed by atoms with Gasteiger partial charge in [-0.05, 0) is 56.7 Å². The first-order valence-corrected chi connectivity index (χ1v) is 11.0. The summed E-state index contributed by atoms with van der Waals surface area (Å²) < 4.78 is 27.7. The smallest absolute Gasteiger partial charge is 0.262 e. The highest BCUT2D eigenvalue weighted by Crippen LogP contribution is 2.19. The van der Waals surface area contributed by atoms with Crippen molar-refractivity contribution < 1.29 is 13.2 Å². The number of nitrogens with zero attached hydrogens (tertiary/aromatic N) is 3. The quantitative estimate of drug-likeness (QED) is 0.670. The maximum absolute atomic E-state index is 12.7. The number of nitrogens with one attached hydrogen (secondary N) is 2. The predicted molar refractivity (Wildman–Crippen MR) is 115 cm³/mol. The Morgan fingerprint density at radius 1 is 1.00 bits per heavy atom. The zero-order chi connectivity index (χ0) is 21.3. The molecule has 0 saturated heterocycles. The van der Waals surface area contributed by atoms with Gasteiger partial charge in [-0.15, -0.1) is 0 Å². The third-order valence-corrected chi connectivity index (χ3v) is 6.25. The number of aromatic nitrogens is 2. The monoisotopic (exact) mass is 423 g/mol. The van der Waals surface area contributed by atoms with Crippen molar-refractivity contribution in [1.82, 2.24) is 14.7 Å². The highest BCUT2D eigenvalue weighted by Gasteiger charge is 2.19. The van der Waals surface area contributed by atoms with E-state index in [9.17, 15) is 13.2 Å². The number of rotatable bonds is 4. The minimum absolute atomic E-state index is 0.0605. The van der Waals surface area contributed by atoms with Crippen LogP contribution in [0.1, 0.15) is 34.6 Å². The van der Waals surface area contributed by atoms with Crippen LogP contribution in [0.25, 0.3) is 11.0 Å². The van der Waals surface area contributed by atoms with Crippen molar-refractivity contribution in [2.45, 2.75) is 31.6 Å². The summed E-state index contributed by atoms with van der Waals surface area (Å²) in [5.74, 6) is 0.104. The minimum Gasteiger partial charge on any atom is -0.322 e. The lowest BCUT2D eigenvalue weighted by Crippen LogP contribution is -2.29. The summed E-state index contributed by atoms with van der Waals surface area (Å²) in [6.07, 6.45) is 1.45. The van der Waals surface area contributed by atoms with Crippen LogP contribution in [-0.4, -0.2) is 36.7 Å². The Kier molecular flexibility index (Phi) is 5.21. The fourth-order valence-electron chi connectivity index (χ4n) is 3.15. The summed E-state index contributed by atoms with van der Waals surface area (Å²) in [6.45, 7) is 4.38. The van der Waals surface area contributed by atoms with Crippen molar-refractivity contribution in [3.05, 3.63) is 59.4 Å². The Labute approximate surface area is 174 Å². The molecule has 30 heavy (non-hydrogen) atoms. The molecule has 154 valence electrons. The molecule has 0 unspecified atom stereocenters. The molecule has 1 aliphatic rings. The second-order valence-corrected chi connectivity index (χ2v) is 8.80. The SMILES string of the molecule is Cc1nc2ccc(C(=O)Nc3cccc(S(=O)(=O)NC4=NCCC4)c3)cc2nc1C. The highest BCUT2D eigenvalue weighted by atomic mass is 32.2. The molecule has 0 saturated carbocycles. The average Bonchev–Trinajstić information content (AvgIpc) is 3.21. The van der Waals surface area contributed by atoms with Crippen LogP contribution in [0.3, 0.4) is 0 Å². The van der Waals surface area contributed by atoms with Crippen LogP contribution in [-0.2, 0) is 10.0 Å².